The van der Waals surface area contributed by atoms with E-state index in [1.165, 1.54) is 0 Å². The summed E-state index contributed by atoms with van der Waals surface area (Å²) in [5.41, 5.74) is 1.02. The van der Waals surface area contributed by atoms with Crippen molar-refractivity contribution in [1.82, 2.24) is 15.5 Å². The van der Waals surface area contributed by atoms with E-state index in [0.29, 0.717) is 23.4 Å². The lowest BCUT2D eigenvalue weighted by Crippen LogP contribution is -2.44. The van der Waals surface area contributed by atoms with Crippen molar-refractivity contribution >= 4 is 47.4 Å². The molecule has 1 heterocycles. The molecular formula is C17H26ClIN4O2. The molecule has 1 aliphatic heterocycles. The van der Waals surface area contributed by atoms with Gasteiger partial charge in [-0.1, -0.05) is 23.7 Å². The number of halogens is 2. The van der Waals surface area contributed by atoms with Gasteiger partial charge in [0.15, 0.2) is 5.96 Å². The molecule has 2 rings (SSSR count). The highest BCUT2D eigenvalue weighted by Gasteiger charge is 2.16. The van der Waals surface area contributed by atoms with Crippen LogP contribution < -0.4 is 10.6 Å². The molecule has 1 aromatic carbocycles. The van der Waals surface area contributed by atoms with Crippen LogP contribution in [0.4, 0.5) is 0 Å². The average molecular weight is 481 g/mol. The second-order valence-corrected chi connectivity index (χ2v) is 6.48. The molecule has 140 valence electrons. The molecule has 0 aromatic heterocycles. The van der Waals surface area contributed by atoms with Gasteiger partial charge in [-0.2, -0.15) is 0 Å². The third-order valence-electron chi connectivity index (χ3n) is 3.80. The van der Waals surface area contributed by atoms with E-state index in [1.54, 1.807) is 19.0 Å². The lowest BCUT2D eigenvalue weighted by Gasteiger charge is -2.16. The fourth-order valence-electron chi connectivity index (χ4n) is 2.28. The second-order valence-electron chi connectivity index (χ2n) is 6.05. The third kappa shape index (κ3) is 8.24. The maximum atomic E-state index is 11.8. The van der Waals surface area contributed by atoms with E-state index in [2.05, 4.69) is 15.6 Å². The Balaban J connectivity index is 0.00000312. The van der Waals surface area contributed by atoms with Crippen LogP contribution in [-0.4, -0.2) is 57.2 Å². The van der Waals surface area contributed by atoms with Crippen molar-refractivity contribution < 1.29 is 9.53 Å². The van der Waals surface area contributed by atoms with Gasteiger partial charge in [0.05, 0.1) is 19.7 Å². The Morgan fingerprint density at radius 1 is 1.40 bits per heavy atom. The zero-order chi connectivity index (χ0) is 17.4. The molecule has 8 heteroatoms. The fraction of sp³-hybridized carbons (Fsp3) is 0.529. The summed E-state index contributed by atoms with van der Waals surface area (Å²) in [6.45, 7) is 3.05. The summed E-state index contributed by atoms with van der Waals surface area (Å²) in [6.07, 6.45) is 1.05. The summed E-state index contributed by atoms with van der Waals surface area (Å²) in [5.74, 6) is 1.10. The molecule has 0 radical (unpaired) electrons. The van der Waals surface area contributed by atoms with Gasteiger partial charge in [-0.05, 0) is 24.1 Å². The highest BCUT2D eigenvalue weighted by atomic mass is 127. The van der Waals surface area contributed by atoms with Crippen molar-refractivity contribution in [3.63, 3.8) is 0 Å². The van der Waals surface area contributed by atoms with Crippen LogP contribution in [0.25, 0.3) is 0 Å². The summed E-state index contributed by atoms with van der Waals surface area (Å²) in [4.78, 5) is 17.9. The quantitative estimate of drug-likeness (QED) is 0.372. The van der Waals surface area contributed by atoms with Gasteiger partial charge in [0.2, 0.25) is 5.91 Å². The van der Waals surface area contributed by atoms with Gasteiger partial charge >= 0.3 is 0 Å². The Morgan fingerprint density at radius 3 is 2.84 bits per heavy atom. The minimum atomic E-state index is -0.00328. The lowest BCUT2D eigenvalue weighted by atomic mass is 10.1. The predicted octanol–water partition coefficient (Wildman–Crippen LogP) is 2.12. The molecule has 0 bridgehead atoms. The van der Waals surface area contributed by atoms with Crippen LogP contribution in [0.2, 0.25) is 5.02 Å². The maximum Gasteiger partial charge on any atom is 0.241 e. The minimum absolute atomic E-state index is 0. The third-order valence-corrected chi connectivity index (χ3v) is 4.03. The number of ether oxygens (including phenoxy) is 1. The van der Waals surface area contributed by atoms with Gasteiger partial charge in [-0.25, -0.2) is 4.99 Å². The van der Waals surface area contributed by atoms with E-state index < -0.39 is 0 Å². The second kappa shape index (κ2) is 11.5. The Hall–Kier alpha value is -1.06. The molecule has 6 nitrogen and oxygen atoms in total. The maximum absolute atomic E-state index is 11.8. The minimum Gasteiger partial charge on any atom is -0.381 e. The first-order chi connectivity index (χ1) is 11.5. The molecule has 1 aliphatic rings. The number of hydrogen-bond donors (Lipinski definition) is 2. The summed E-state index contributed by atoms with van der Waals surface area (Å²) in [7, 11) is 3.46. The number of guanidine groups is 1. The van der Waals surface area contributed by atoms with Gasteiger partial charge < -0.3 is 20.3 Å². The van der Waals surface area contributed by atoms with E-state index in [-0.39, 0.29) is 36.4 Å². The summed E-state index contributed by atoms with van der Waals surface area (Å²) in [6, 6.07) is 7.60. The summed E-state index contributed by atoms with van der Waals surface area (Å²) < 4.78 is 5.39. The van der Waals surface area contributed by atoms with Gasteiger partial charge in [0.1, 0.15) is 0 Å². The number of rotatable bonds is 6. The van der Waals surface area contributed by atoms with Crippen LogP contribution in [0.15, 0.2) is 29.3 Å². The zero-order valence-corrected chi connectivity index (χ0v) is 17.7. The Morgan fingerprint density at radius 2 is 2.20 bits per heavy atom. The standard InChI is InChI=1S/C17H25ClN4O2.HI/c1-22(2)16(23)11-21-17(20-10-14-6-7-24-12-14)19-9-13-4-3-5-15(18)8-13;/h3-5,8,14H,6-7,9-12H2,1-2H3,(H2,19,20,21);1H. The molecule has 1 aromatic rings. The Kier molecular flexibility index (Phi) is 10.1. The van der Waals surface area contributed by atoms with E-state index in [0.717, 1.165) is 31.7 Å². The largest absolute Gasteiger partial charge is 0.381 e. The van der Waals surface area contributed by atoms with Crippen LogP contribution in [0, 0.1) is 5.92 Å². The van der Waals surface area contributed by atoms with E-state index in [9.17, 15) is 4.79 Å². The van der Waals surface area contributed by atoms with Gasteiger partial charge in [0, 0.05) is 38.2 Å². The summed E-state index contributed by atoms with van der Waals surface area (Å²) >= 11 is 6.00. The fourth-order valence-corrected chi connectivity index (χ4v) is 2.50. The Bertz CT molecular complexity index is 578. The normalized spacial score (nSPS) is 16.9. The number of carbonyl (C=O) groups is 1. The number of amides is 1. The molecule has 0 saturated carbocycles. The molecule has 1 unspecified atom stereocenters. The molecule has 1 saturated heterocycles. The summed E-state index contributed by atoms with van der Waals surface area (Å²) in [5, 5.41) is 7.07. The smallest absolute Gasteiger partial charge is 0.241 e. The SMILES string of the molecule is CN(C)C(=O)CNC(=NCc1cccc(Cl)c1)NCC1CCOC1.I. The van der Waals surface area contributed by atoms with Crippen molar-refractivity contribution in [3.05, 3.63) is 34.9 Å². The highest BCUT2D eigenvalue weighted by Crippen LogP contribution is 2.12. The molecule has 1 atom stereocenters. The number of benzene rings is 1. The van der Waals surface area contributed by atoms with Crippen LogP contribution in [0.1, 0.15) is 12.0 Å². The monoisotopic (exact) mass is 480 g/mol. The van der Waals surface area contributed by atoms with Crippen LogP contribution in [0.5, 0.6) is 0 Å². The lowest BCUT2D eigenvalue weighted by molar-refractivity contribution is -0.127. The van der Waals surface area contributed by atoms with Gasteiger partial charge in [0.25, 0.3) is 0 Å². The number of nitrogens with zero attached hydrogens (tertiary/aromatic N) is 2. The van der Waals surface area contributed by atoms with Crippen LogP contribution >= 0.6 is 35.6 Å². The van der Waals surface area contributed by atoms with Crippen molar-refractivity contribution in [2.24, 2.45) is 10.9 Å². The number of aliphatic imine (C=N–C) groups is 1. The van der Waals surface area contributed by atoms with Crippen molar-refractivity contribution in [2.75, 3.05) is 40.4 Å². The van der Waals surface area contributed by atoms with Crippen molar-refractivity contribution in [3.8, 4) is 0 Å². The van der Waals surface area contributed by atoms with Gasteiger partial charge in [-0.15, -0.1) is 24.0 Å². The molecule has 2 N–H and O–H groups in total. The molecule has 1 amide bonds. The molecule has 25 heavy (non-hydrogen) atoms. The molecular weight excluding hydrogens is 455 g/mol. The number of hydrogen-bond acceptors (Lipinski definition) is 3. The molecule has 0 spiro atoms. The van der Waals surface area contributed by atoms with E-state index in [1.807, 2.05) is 24.3 Å². The van der Waals surface area contributed by atoms with E-state index >= 15 is 0 Å². The first-order valence-electron chi connectivity index (χ1n) is 8.09. The average Bonchev–Trinajstić information content (AvgIpc) is 3.07. The zero-order valence-electron chi connectivity index (χ0n) is 14.6. The van der Waals surface area contributed by atoms with Gasteiger partial charge in [-0.3, -0.25) is 4.79 Å². The first-order valence-corrected chi connectivity index (χ1v) is 8.47. The first kappa shape index (κ1) is 22.0. The highest BCUT2D eigenvalue weighted by molar-refractivity contribution is 14.0. The molecule has 0 aliphatic carbocycles. The predicted molar refractivity (Wildman–Crippen MR) is 112 cm³/mol. The Labute approximate surface area is 171 Å². The number of nitrogens with one attached hydrogen (secondary N) is 2. The van der Waals surface area contributed by atoms with Crippen molar-refractivity contribution in [1.29, 1.82) is 0 Å². The van der Waals surface area contributed by atoms with Crippen LogP contribution in [0.3, 0.4) is 0 Å². The van der Waals surface area contributed by atoms with E-state index in [4.69, 9.17) is 16.3 Å². The topological polar surface area (TPSA) is 66.0 Å². The van der Waals surface area contributed by atoms with Crippen LogP contribution in [-0.2, 0) is 16.1 Å². The molecule has 1 fully saturated rings. The number of likely N-dealkylation sites (N-methyl/N-ethyl adjacent to an activating group) is 1. The number of carbonyl (C=O) groups excluding carboxylic acids is 1. The van der Waals surface area contributed by atoms with Crippen molar-refractivity contribution in [2.45, 2.75) is 13.0 Å².